The maximum absolute atomic E-state index is 11.3. The molecule has 2 atom stereocenters. The topological polar surface area (TPSA) is 238 Å². The van der Waals surface area contributed by atoms with Crippen molar-refractivity contribution in [1.29, 1.82) is 0 Å². The van der Waals surface area contributed by atoms with Gasteiger partial charge in [-0.05, 0) is 6.92 Å². The molecule has 3 N–H and O–H groups in total. The molecule has 0 aromatic rings. The number of carbonyl (C=O) groups is 5. The molecule has 0 aliphatic heterocycles. The molecule has 0 heterocycles. The molecule has 16 heteroatoms. The summed E-state index contributed by atoms with van der Waals surface area (Å²) in [5, 5.41) is 41.1. The van der Waals surface area contributed by atoms with Gasteiger partial charge in [-0.1, -0.05) is 32.3 Å². The molecule has 1 rings (SSSR count). The minimum atomic E-state index is -1.45. The summed E-state index contributed by atoms with van der Waals surface area (Å²) in [5.74, 6) is -4.58. The maximum Gasteiger partial charge on any atom is 3.00 e. The van der Waals surface area contributed by atoms with Gasteiger partial charge in [-0.3, -0.25) is 29.1 Å². The van der Waals surface area contributed by atoms with Crippen LogP contribution in [0.2, 0.25) is 0 Å². The monoisotopic (exact) mass is 898 g/mol. The van der Waals surface area contributed by atoms with Crippen molar-refractivity contribution in [2.24, 2.45) is 5.92 Å². The predicted molar refractivity (Wildman–Crippen MR) is 131 cm³/mol. The van der Waals surface area contributed by atoms with E-state index in [0.29, 0.717) is 5.92 Å². The van der Waals surface area contributed by atoms with Crippen LogP contribution in [-0.2, 0) is 45.0 Å². The fraction of sp³-hybridized carbons (Fsp3) is 0.708. The summed E-state index contributed by atoms with van der Waals surface area (Å²) in [6.45, 7) is 2.21. The van der Waals surface area contributed by atoms with Crippen LogP contribution >= 0.6 is 0 Å². The molecular formula is C24H41GdN4O10Pt-4. The standard InChI is InChI=1S/C16H26N3O9.C7H13N.CH3.Gd.H2O.Pt/c1-12(21)6-18(9-15(25)26)4-2-17(8-14(23)24)3-5-19(10-16(27)28)7-13(22)11-20;1-6-4-2-3-5-7(6)8;;;;/h2-11H2,1H3,(H,23,24)(H,25,26)(H,27,28);6-8H,1-5H2;1H3;;1H2;/q-1;-2;-1;+3;;/p-3. The number of nitrogens with one attached hydrogen (secondary N) is 1. The number of ketones is 2. The van der Waals surface area contributed by atoms with Gasteiger partial charge in [-0.25, -0.2) is 0 Å². The molecule has 0 aromatic heterocycles. The van der Waals surface area contributed by atoms with E-state index in [4.69, 9.17) is 10.8 Å². The number of hydrogen-bond donors (Lipinski definition) is 1. The van der Waals surface area contributed by atoms with Gasteiger partial charge in [0.15, 0.2) is 0 Å². The van der Waals surface area contributed by atoms with Gasteiger partial charge < -0.3 is 55.6 Å². The Morgan fingerprint density at radius 3 is 1.60 bits per heavy atom. The first-order valence-corrected chi connectivity index (χ1v) is 11.8. The zero-order valence-corrected chi connectivity index (χ0v) is 27.5. The van der Waals surface area contributed by atoms with Crippen molar-refractivity contribution >= 4 is 29.5 Å². The number of Topliss-reactive ketones (excluding diaryl/α,β-unsaturated/α-hetero) is 2. The molecule has 1 aliphatic rings. The molecule has 0 bridgehead atoms. The van der Waals surface area contributed by atoms with E-state index in [1.54, 1.807) is 0 Å². The van der Waals surface area contributed by atoms with E-state index in [-0.39, 0.29) is 118 Å². The summed E-state index contributed by atoms with van der Waals surface area (Å²) in [4.78, 5) is 58.9. The summed E-state index contributed by atoms with van der Waals surface area (Å²) in [6, 6.07) is 0.142. The van der Waals surface area contributed by atoms with Crippen molar-refractivity contribution in [3.8, 4) is 0 Å². The van der Waals surface area contributed by atoms with Gasteiger partial charge in [0.05, 0.1) is 31.6 Å². The van der Waals surface area contributed by atoms with Crippen LogP contribution in [0.15, 0.2) is 0 Å². The molecule has 0 spiro atoms. The minimum Gasteiger partial charge on any atom is -0.870 e. The summed E-state index contributed by atoms with van der Waals surface area (Å²) in [6.07, 6.45) is 4.80. The van der Waals surface area contributed by atoms with Gasteiger partial charge in [0.25, 0.3) is 0 Å². The fourth-order valence-electron chi connectivity index (χ4n) is 3.64. The second-order valence-corrected chi connectivity index (χ2v) is 8.87. The summed E-state index contributed by atoms with van der Waals surface area (Å²) in [5.41, 5.74) is 7.42. The summed E-state index contributed by atoms with van der Waals surface area (Å²) < 4.78 is 0. The normalized spacial score (nSPS) is 15.8. The largest absolute Gasteiger partial charge is 3.00 e. The number of hydrogen-bond acceptors (Lipinski definition) is 12. The van der Waals surface area contributed by atoms with Gasteiger partial charge in [0.2, 0.25) is 0 Å². The molecule has 239 valence electrons. The molecule has 1 fully saturated rings. The second-order valence-electron chi connectivity index (χ2n) is 8.87. The Morgan fingerprint density at radius 2 is 1.27 bits per heavy atom. The van der Waals surface area contributed by atoms with E-state index in [0.717, 1.165) is 11.3 Å². The first-order chi connectivity index (χ1) is 16.8. The Morgan fingerprint density at radius 1 is 0.850 bits per heavy atom. The van der Waals surface area contributed by atoms with Crippen LogP contribution in [0.5, 0.6) is 0 Å². The number of nitrogens with zero attached hydrogens (tertiary/aromatic N) is 3. The van der Waals surface area contributed by atoms with E-state index in [1.807, 2.05) is 0 Å². The fourth-order valence-corrected chi connectivity index (χ4v) is 3.64. The Kier molecular flexibility index (Phi) is 35.2. The SMILES string of the molecule is CC(=O)CN(CCN(CCN(CC(=O)[O-])CC(=O)C[O-])CC(=O)O)CC(=O)[O-].[CH2-]C1CCCCC1[NH-].[CH3-].[Gd+3].[OH-].[Pt]. The number of carbonyl (C=O) groups excluding carboxylic acids is 4. The molecule has 0 aromatic carbocycles. The van der Waals surface area contributed by atoms with Gasteiger partial charge >= 0.3 is 45.9 Å². The van der Waals surface area contributed by atoms with E-state index in [2.05, 4.69) is 6.92 Å². The third kappa shape index (κ3) is 27.7. The van der Waals surface area contributed by atoms with Crippen LogP contribution in [0.25, 0.3) is 5.73 Å². The average molecular weight is 898 g/mol. The summed E-state index contributed by atoms with van der Waals surface area (Å²) in [7, 11) is 0. The van der Waals surface area contributed by atoms with Gasteiger partial charge in [-0.15, -0.1) is 0 Å². The molecule has 40 heavy (non-hydrogen) atoms. The number of carboxylic acid groups (broad SMARTS) is 3. The first kappa shape index (κ1) is 49.2. The number of aliphatic carboxylic acids is 3. The van der Waals surface area contributed by atoms with Gasteiger partial charge in [0.1, 0.15) is 11.6 Å². The summed E-state index contributed by atoms with van der Waals surface area (Å²) >= 11 is 0. The minimum absolute atomic E-state index is 0. The molecule has 1 aliphatic carbocycles. The second kappa shape index (κ2) is 28.6. The quantitative estimate of drug-likeness (QED) is 0.141. The molecule has 1 saturated carbocycles. The molecule has 0 saturated heterocycles. The van der Waals surface area contributed by atoms with Crippen LogP contribution < -0.4 is 15.3 Å². The van der Waals surface area contributed by atoms with E-state index in [1.165, 1.54) is 36.0 Å². The smallest absolute Gasteiger partial charge is 0.870 e. The third-order valence-electron chi connectivity index (χ3n) is 5.45. The van der Waals surface area contributed by atoms with Crippen LogP contribution in [0.4, 0.5) is 0 Å². The van der Waals surface area contributed by atoms with Crippen molar-refractivity contribution in [2.45, 2.75) is 38.6 Å². The van der Waals surface area contributed by atoms with E-state index < -0.39 is 56.5 Å². The molecular weight excluding hydrogens is 857 g/mol. The van der Waals surface area contributed by atoms with Crippen LogP contribution in [0.3, 0.4) is 0 Å². The zero-order valence-electron chi connectivity index (χ0n) is 22.9. The maximum atomic E-state index is 11.3. The Labute approximate surface area is 283 Å². The number of rotatable bonds is 17. The Hall–Kier alpha value is -0.477. The Bertz CT molecular complexity index is 710. The van der Waals surface area contributed by atoms with Crippen molar-refractivity contribution in [2.75, 3.05) is 65.5 Å². The Balaban J connectivity index is -0.000000292. The van der Waals surface area contributed by atoms with Crippen molar-refractivity contribution < 1.29 is 111 Å². The third-order valence-corrected chi connectivity index (χ3v) is 5.45. The van der Waals surface area contributed by atoms with Crippen LogP contribution in [0, 0.1) is 60.2 Å². The number of carboxylic acids is 3. The zero-order chi connectivity index (χ0) is 27.7. The van der Waals surface area contributed by atoms with Gasteiger partial charge in [-0.2, -0.15) is 12.0 Å². The van der Waals surface area contributed by atoms with Crippen molar-refractivity contribution in [1.82, 2.24) is 14.7 Å². The van der Waals surface area contributed by atoms with Gasteiger partial charge in [0, 0.05) is 60.3 Å². The molecule has 2 unspecified atom stereocenters. The average Bonchev–Trinajstić information content (AvgIpc) is 2.76. The molecule has 1 radical (unpaired) electrons. The predicted octanol–water partition coefficient (Wildman–Crippen LogP) is -3.30. The van der Waals surface area contributed by atoms with Crippen molar-refractivity contribution in [3.63, 3.8) is 0 Å². The molecule has 0 amide bonds. The van der Waals surface area contributed by atoms with Crippen molar-refractivity contribution in [3.05, 3.63) is 20.1 Å². The molecule has 14 nitrogen and oxygen atoms in total. The van der Waals surface area contributed by atoms with Crippen LogP contribution in [0.1, 0.15) is 32.6 Å². The van der Waals surface area contributed by atoms with E-state index in [9.17, 15) is 39.3 Å². The van der Waals surface area contributed by atoms with Crippen LogP contribution in [-0.4, -0.2) is 126 Å². The van der Waals surface area contributed by atoms with E-state index >= 15 is 0 Å². The first-order valence-electron chi connectivity index (χ1n) is 11.8.